The lowest BCUT2D eigenvalue weighted by atomic mass is 10.1. The fourth-order valence-electron chi connectivity index (χ4n) is 3.45. The minimum absolute atomic E-state index is 0.179. The third-order valence-electron chi connectivity index (χ3n) is 4.70. The molecule has 27 heavy (non-hydrogen) atoms. The summed E-state index contributed by atoms with van der Waals surface area (Å²) in [6, 6.07) is 25.9. The van der Waals surface area contributed by atoms with Crippen LogP contribution >= 0.6 is 23.8 Å². The summed E-state index contributed by atoms with van der Waals surface area (Å²) in [6.07, 6.45) is -0.179. The van der Waals surface area contributed by atoms with E-state index >= 15 is 0 Å². The van der Waals surface area contributed by atoms with E-state index in [1.54, 1.807) is 0 Å². The van der Waals surface area contributed by atoms with Gasteiger partial charge in [-0.3, -0.25) is 9.47 Å². The Kier molecular flexibility index (Phi) is 3.85. The molecule has 6 heteroatoms. The fourth-order valence-corrected chi connectivity index (χ4v) is 3.97. The second kappa shape index (κ2) is 6.37. The number of anilines is 2. The van der Waals surface area contributed by atoms with Gasteiger partial charge in [-0.05, 0) is 54.2 Å². The lowest BCUT2D eigenvalue weighted by Crippen LogP contribution is -2.46. The van der Waals surface area contributed by atoms with Crippen LogP contribution in [0.2, 0.25) is 5.02 Å². The van der Waals surface area contributed by atoms with Gasteiger partial charge < -0.3 is 5.32 Å². The molecule has 1 unspecified atom stereocenters. The SMILES string of the molecule is S=C1N(c2ccccc2)C(c2ccc(Cl)cc2)Nc2nc3ccccc3n21. The zero-order chi connectivity index (χ0) is 18.4. The van der Waals surface area contributed by atoms with Gasteiger partial charge in [-0.25, -0.2) is 4.98 Å². The molecule has 0 radical (unpaired) electrons. The second-order valence-electron chi connectivity index (χ2n) is 6.35. The van der Waals surface area contributed by atoms with Gasteiger partial charge in [0.25, 0.3) is 0 Å². The molecular weight excluding hydrogens is 376 g/mol. The van der Waals surface area contributed by atoms with Crippen molar-refractivity contribution in [2.75, 3.05) is 10.2 Å². The van der Waals surface area contributed by atoms with E-state index in [9.17, 15) is 0 Å². The first-order chi connectivity index (χ1) is 13.2. The summed E-state index contributed by atoms with van der Waals surface area (Å²) in [7, 11) is 0. The first-order valence-corrected chi connectivity index (χ1v) is 9.39. The number of thiocarbonyl (C=S) groups is 1. The highest BCUT2D eigenvalue weighted by atomic mass is 35.5. The molecule has 0 aliphatic carbocycles. The van der Waals surface area contributed by atoms with Crippen LogP contribution in [0.3, 0.4) is 0 Å². The number of nitrogens with zero attached hydrogens (tertiary/aromatic N) is 3. The predicted molar refractivity (Wildman–Crippen MR) is 114 cm³/mol. The molecule has 1 aliphatic rings. The van der Waals surface area contributed by atoms with Crippen LogP contribution < -0.4 is 10.2 Å². The topological polar surface area (TPSA) is 33.1 Å². The lowest BCUT2D eigenvalue weighted by molar-refractivity contribution is 0.758. The van der Waals surface area contributed by atoms with E-state index in [-0.39, 0.29) is 6.17 Å². The quantitative estimate of drug-likeness (QED) is 0.461. The highest BCUT2D eigenvalue weighted by molar-refractivity contribution is 7.80. The molecule has 0 saturated carbocycles. The van der Waals surface area contributed by atoms with E-state index in [1.807, 2.05) is 71.3 Å². The molecule has 1 aromatic heterocycles. The largest absolute Gasteiger partial charge is 0.331 e. The van der Waals surface area contributed by atoms with Crippen LogP contribution in [0, 0.1) is 0 Å². The number of hydrogen-bond acceptors (Lipinski definition) is 3. The van der Waals surface area contributed by atoms with Crippen molar-refractivity contribution in [3.05, 3.63) is 89.4 Å². The van der Waals surface area contributed by atoms with E-state index < -0.39 is 0 Å². The molecule has 1 atom stereocenters. The number of nitrogens with one attached hydrogen (secondary N) is 1. The Morgan fingerprint density at radius 1 is 0.889 bits per heavy atom. The Labute approximate surface area is 167 Å². The number of hydrogen-bond donors (Lipinski definition) is 1. The highest BCUT2D eigenvalue weighted by Crippen LogP contribution is 2.36. The molecule has 0 spiro atoms. The molecule has 0 fully saturated rings. The summed E-state index contributed by atoms with van der Waals surface area (Å²) in [5, 5.41) is 4.94. The smallest absolute Gasteiger partial charge is 0.212 e. The third-order valence-corrected chi connectivity index (χ3v) is 5.33. The Morgan fingerprint density at radius 2 is 1.59 bits per heavy atom. The Bertz CT molecular complexity index is 1140. The molecule has 4 nitrogen and oxygen atoms in total. The summed E-state index contributed by atoms with van der Waals surface area (Å²) < 4.78 is 1.99. The van der Waals surface area contributed by atoms with E-state index in [4.69, 9.17) is 28.8 Å². The molecule has 1 aliphatic heterocycles. The van der Waals surface area contributed by atoms with Crippen molar-refractivity contribution in [1.82, 2.24) is 9.55 Å². The number of fused-ring (bicyclic) bond motifs is 3. The molecule has 2 heterocycles. The van der Waals surface area contributed by atoms with Crippen LogP contribution in [-0.4, -0.2) is 14.7 Å². The van der Waals surface area contributed by atoms with Crippen LogP contribution in [0.4, 0.5) is 11.6 Å². The van der Waals surface area contributed by atoms with Crippen LogP contribution in [-0.2, 0) is 0 Å². The van der Waals surface area contributed by atoms with Crippen LogP contribution in [0.15, 0.2) is 78.9 Å². The molecule has 132 valence electrons. The van der Waals surface area contributed by atoms with Gasteiger partial charge in [0.2, 0.25) is 5.95 Å². The minimum Gasteiger partial charge on any atom is -0.331 e. The average molecular weight is 391 g/mol. The molecule has 1 N–H and O–H groups in total. The zero-order valence-corrected chi connectivity index (χ0v) is 15.8. The Balaban J connectivity index is 1.71. The van der Waals surface area contributed by atoms with Gasteiger partial charge in [-0.1, -0.05) is 54.1 Å². The van der Waals surface area contributed by atoms with Gasteiger partial charge >= 0.3 is 0 Å². The van der Waals surface area contributed by atoms with Crippen molar-refractivity contribution in [3.8, 4) is 0 Å². The molecule has 5 rings (SSSR count). The van der Waals surface area contributed by atoms with E-state index in [2.05, 4.69) is 22.3 Å². The van der Waals surface area contributed by atoms with E-state index in [1.165, 1.54) is 0 Å². The van der Waals surface area contributed by atoms with Crippen LogP contribution in [0.1, 0.15) is 11.7 Å². The molecule has 0 amide bonds. The van der Waals surface area contributed by atoms with Crippen molar-refractivity contribution in [2.24, 2.45) is 0 Å². The van der Waals surface area contributed by atoms with Crippen molar-refractivity contribution >= 4 is 51.6 Å². The number of aromatic nitrogens is 2. The normalized spacial score (nSPS) is 16.3. The number of rotatable bonds is 2. The van der Waals surface area contributed by atoms with Gasteiger partial charge in [-0.2, -0.15) is 0 Å². The van der Waals surface area contributed by atoms with Crippen molar-refractivity contribution in [2.45, 2.75) is 6.17 Å². The monoisotopic (exact) mass is 390 g/mol. The summed E-state index contributed by atoms with van der Waals surface area (Å²) in [6.45, 7) is 0. The molecule has 0 bridgehead atoms. The highest BCUT2D eigenvalue weighted by Gasteiger charge is 2.33. The fraction of sp³-hybridized carbons (Fsp3) is 0.0476. The summed E-state index contributed by atoms with van der Waals surface area (Å²) >= 11 is 12.0. The van der Waals surface area contributed by atoms with Crippen molar-refractivity contribution in [1.29, 1.82) is 0 Å². The number of imidazole rings is 1. The Hall–Kier alpha value is -2.89. The first-order valence-electron chi connectivity index (χ1n) is 8.60. The van der Waals surface area contributed by atoms with Crippen molar-refractivity contribution in [3.63, 3.8) is 0 Å². The maximum Gasteiger partial charge on any atom is 0.212 e. The lowest BCUT2D eigenvalue weighted by Gasteiger charge is -2.39. The van der Waals surface area contributed by atoms with Gasteiger partial charge in [0.15, 0.2) is 5.11 Å². The van der Waals surface area contributed by atoms with Gasteiger partial charge in [0, 0.05) is 10.7 Å². The average Bonchev–Trinajstić information content (AvgIpc) is 3.08. The maximum absolute atomic E-state index is 6.09. The van der Waals surface area contributed by atoms with Gasteiger partial charge in [0.1, 0.15) is 6.17 Å². The molecular formula is C21H15ClN4S. The minimum atomic E-state index is -0.179. The van der Waals surface area contributed by atoms with Crippen LogP contribution in [0.5, 0.6) is 0 Å². The summed E-state index contributed by atoms with van der Waals surface area (Å²) in [5.74, 6) is 0.744. The standard InChI is InChI=1S/C21H15ClN4S/c22-15-12-10-14(11-13-15)19-24-20-23-17-8-4-5-9-18(17)26(20)21(27)25(19)16-6-2-1-3-7-16/h1-13,19H,(H,23,24). The maximum atomic E-state index is 6.09. The molecule has 0 saturated heterocycles. The second-order valence-corrected chi connectivity index (χ2v) is 7.15. The van der Waals surface area contributed by atoms with Crippen LogP contribution in [0.25, 0.3) is 11.0 Å². The molecule has 4 aromatic rings. The third kappa shape index (κ3) is 2.67. The predicted octanol–water partition coefficient (Wildman–Crippen LogP) is 5.45. The zero-order valence-electron chi connectivity index (χ0n) is 14.2. The Morgan fingerprint density at radius 3 is 2.37 bits per heavy atom. The summed E-state index contributed by atoms with van der Waals surface area (Å²) in [4.78, 5) is 6.85. The molecule has 3 aromatic carbocycles. The first kappa shape index (κ1) is 16.3. The summed E-state index contributed by atoms with van der Waals surface area (Å²) in [5.41, 5.74) is 3.97. The van der Waals surface area contributed by atoms with Gasteiger partial charge in [0.05, 0.1) is 11.0 Å². The van der Waals surface area contributed by atoms with Crippen molar-refractivity contribution < 1.29 is 0 Å². The number of benzene rings is 3. The van der Waals surface area contributed by atoms with E-state index in [0.29, 0.717) is 10.1 Å². The number of halogens is 1. The number of para-hydroxylation sites is 3. The van der Waals surface area contributed by atoms with E-state index in [0.717, 1.165) is 28.2 Å². The van der Waals surface area contributed by atoms with Gasteiger partial charge in [-0.15, -0.1) is 0 Å².